The van der Waals surface area contributed by atoms with E-state index in [9.17, 15) is 14.7 Å². The van der Waals surface area contributed by atoms with Gasteiger partial charge in [-0.25, -0.2) is 4.79 Å². The molecule has 0 spiro atoms. The fourth-order valence-electron chi connectivity index (χ4n) is 2.91. The predicted octanol–water partition coefficient (Wildman–Crippen LogP) is 2.95. The number of carbonyl (C=O) groups is 2. The van der Waals surface area contributed by atoms with Crippen molar-refractivity contribution in [2.75, 3.05) is 0 Å². The zero-order valence-corrected chi connectivity index (χ0v) is 12.0. The minimum absolute atomic E-state index is 0.213. The van der Waals surface area contributed by atoms with Crippen molar-refractivity contribution in [3.8, 4) is 0 Å². The summed E-state index contributed by atoms with van der Waals surface area (Å²) in [5.74, 6) is -1.46. The molecular weight excluding hydrogens is 292 g/mol. The number of rotatable bonds is 3. The second-order valence-electron chi connectivity index (χ2n) is 5.41. The van der Waals surface area contributed by atoms with E-state index in [4.69, 9.17) is 11.6 Å². The number of benzene rings is 1. The van der Waals surface area contributed by atoms with Crippen molar-refractivity contribution in [2.45, 2.75) is 31.2 Å². The zero-order chi connectivity index (χ0) is 15.0. The van der Waals surface area contributed by atoms with Gasteiger partial charge in [-0.15, -0.1) is 0 Å². The van der Waals surface area contributed by atoms with Crippen LogP contribution < -0.4 is 5.32 Å². The quantitative estimate of drug-likeness (QED) is 0.815. The van der Waals surface area contributed by atoms with E-state index in [0.29, 0.717) is 17.9 Å². The number of aromatic amines is 1. The van der Waals surface area contributed by atoms with E-state index in [2.05, 4.69) is 10.3 Å². The molecule has 110 valence electrons. The molecule has 0 atom stereocenters. The van der Waals surface area contributed by atoms with Crippen LogP contribution in [-0.4, -0.2) is 27.5 Å². The molecule has 1 amide bonds. The van der Waals surface area contributed by atoms with Crippen LogP contribution in [0.25, 0.3) is 10.9 Å². The Morgan fingerprint density at radius 2 is 1.90 bits per heavy atom. The molecule has 3 N–H and O–H groups in total. The number of carboxylic acid groups (broad SMARTS) is 1. The Morgan fingerprint density at radius 1 is 1.24 bits per heavy atom. The number of aliphatic carboxylic acids is 1. The van der Waals surface area contributed by atoms with Gasteiger partial charge in [0.25, 0.3) is 5.91 Å². The number of amides is 1. The topological polar surface area (TPSA) is 82.2 Å². The highest BCUT2D eigenvalue weighted by molar-refractivity contribution is 6.38. The maximum atomic E-state index is 12.4. The molecule has 21 heavy (non-hydrogen) atoms. The smallest absolute Gasteiger partial charge is 0.329 e. The summed E-state index contributed by atoms with van der Waals surface area (Å²) in [6.45, 7) is 0. The van der Waals surface area contributed by atoms with Gasteiger partial charge in [-0.3, -0.25) is 4.79 Å². The molecule has 0 aliphatic heterocycles. The molecule has 1 saturated carbocycles. The van der Waals surface area contributed by atoms with Crippen LogP contribution in [0.3, 0.4) is 0 Å². The van der Waals surface area contributed by atoms with Gasteiger partial charge < -0.3 is 15.4 Å². The highest BCUT2D eigenvalue weighted by Crippen LogP contribution is 2.32. The highest BCUT2D eigenvalue weighted by Gasteiger charge is 2.43. The minimum atomic E-state index is -1.17. The van der Waals surface area contributed by atoms with E-state index in [1.807, 2.05) is 24.3 Å². The lowest BCUT2D eigenvalue weighted by molar-refractivity contribution is -0.144. The molecule has 0 bridgehead atoms. The molecule has 5 nitrogen and oxygen atoms in total. The number of fused-ring (bicyclic) bond motifs is 1. The van der Waals surface area contributed by atoms with Crippen LogP contribution in [0.1, 0.15) is 36.2 Å². The van der Waals surface area contributed by atoms with Crippen molar-refractivity contribution in [3.05, 3.63) is 35.0 Å². The number of H-pyrrole nitrogens is 1. The van der Waals surface area contributed by atoms with E-state index in [0.717, 1.165) is 23.7 Å². The van der Waals surface area contributed by atoms with Gasteiger partial charge in [0.2, 0.25) is 0 Å². The summed E-state index contributed by atoms with van der Waals surface area (Å²) >= 11 is 6.22. The monoisotopic (exact) mass is 306 g/mol. The first-order valence-corrected chi connectivity index (χ1v) is 7.23. The molecule has 1 fully saturated rings. The van der Waals surface area contributed by atoms with E-state index < -0.39 is 17.4 Å². The van der Waals surface area contributed by atoms with Crippen LogP contribution in [0.4, 0.5) is 0 Å². The first-order valence-electron chi connectivity index (χ1n) is 6.86. The van der Waals surface area contributed by atoms with Gasteiger partial charge in [0.1, 0.15) is 11.2 Å². The molecule has 1 heterocycles. The van der Waals surface area contributed by atoms with E-state index >= 15 is 0 Å². The summed E-state index contributed by atoms with van der Waals surface area (Å²) in [6, 6.07) is 7.31. The first kappa shape index (κ1) is 13.9. The normalized spacial score (nSPS) is 17.0. The first-order chi connectivity index (χ1) is 10.0. The lowest BCUT2D eigenvalue weighted by atomic mass is 9.97. The molecule has 0 radical (unpaired) electrons. The molecule has 3 rings (SSSR count). The molecule has 1 aromatic heterocycles. The Balaban J connectivity index is 1.94. The minimum Gasteiger partial charge on any atom is -0.480 e. The maximum absolute atomic E-state index is 12.4. The van der Waals surface area contributed by atoms with Gasteiger partial charge in [-0.05, 0) is 18.9 Å². The molecule has 0 saturated heterocycles. The Bertz CT molecular complexity index is 717. The number of carbonyl (C=O) groups excluding carboxylic acids is 1. The molecule has 1 aliphatic carbocycles. The molecular formula is C15H15ClN2O3. The van der Waals surface area contributed by atoms with Crippen LogP contribution >= 0.6 is 11.6 Å². The fraction of sp³-hybridized carbons (Fsp3) is 0.333. The van der Waals surface area contributed by atoms with Crippen LogP contribution in [0.15, 0.2) is 24.3 Å². The number of halogens is 1. The summed E-state index contributed by atoms with van der Waals surface area (Å²) < 4.78 is 0. The van der Waals surface area contributed by atoms with Gasteiger partial charge in [-0.2, -0.15) is 0 Å². The van der Waals surface area contributed by atoms with Crippen molar-refractivity contribution < 1.29 is 14.7 Å². The second-order valence-corrected chi connectivity index (χ2v) is 5.79. The zero-order valence-electron chi connectivity index (χ0n) is 11.3. The summed E-state index contributed by atoms with van der Waals surface area (Å²) in [4.78, 5) is 26.9. The van der Waals surface area contributed by atoms with Crippen LogP contribution in [0.2, 0.25) is 5.02 Å². The van der Waals surface area contributed by atoms with Gasteiger partial charge in [0.15, 0.2) is 0 Å². The molecule has 6 heteroatoms. The molecule has 1 aromatic carbocycles. The SMILES string of the molecule is O=C(NC1(C(=O)O)CCCC1)c1[nH]c2ccccc2c1Cl. The summed E-state index contributed by atoms with van der Waals surface area (Å²) in [5.41, 5.74) is -0.202. The summed E-state index contributed by atoms with van der Waals surface area (Å²) in [6.07, 6.45) is 2.50. The average Bonchev–Trinajstić information content (AvgIpc) is 3.05. The number of nitrogens with one attached hydrogen (secondary N) is 2. The fourth-order valence-corrected chi connectivity index (χ4v) is 3.21. The Morgan fingerprint density at radius 3 is 2.52 bits per heavy atom. The number of para-hydroxylation sites is 1. The van der Waals surface area contributed by atoms with Crippen molar-refractivity contribution >= 4 is 34.4 Å². The van der Waals surface area contributed by atoms with Crippen molar-refractivity contribution in [1.82, 2.24) is 10.3 Å². The van der Waals surface area contributed by atoms with E-state index in [1.54, 1.807) is 0 Å². The van der Waals surface area contributed by atoms with E-state index in [1.165, 1.54) is 0 Å². The lowest BCUT2D eigenvalue weighted by Gasteiger charge is -2.25. The highest BCUT2D eigenvalue weighted by atomic mass is 35.5. The molecule has 0 unspecified atom stereocenters. The van der Waals surface area contributed by atoms with Gasteiger partial charge in [0, 0.05) is 10.9 Å². The van der Waals surface area contributed by atoms with Crippen LogP contribution in [-0.2, 0) is 4.79 Å². The van der Waals surface area contributed by atoms with Gasteiger partial charge in [0.05, 0.1) is 5.02 Å². The second kappa shape index (κ2) is 5.07. The number of aromatic nitrogens is 1. The standard InChI is InChI=1S/C15H15ClN2O3/c16-11-9-5-1-2-6-10(9)17-12(11)13(19)18-15(14(20)21)7-3-4-8-15/h1-2,5-6,17H,3-4,7-8H2,(H,18,19)(H,20,21). The largest absolute Gasteiger partial charge is 0.480 e. The summed E-state index contributed by atoms with van der Waals surface area (Å²) in [5, 5.41) is 13.1. The number of hydrogen-bond donors (Lipinski definition) is 3. The van der Waals surface area contributed by atoms with Crippen molar-refractivity contribution in [1.29, 1.82) is 0 Å². The summed E-state index contributed by atoms with van der Waals surface area (Å²) in [7, 11) is 0. The van der Waals surface area contributed by atoms with Crippen LogP contribution in [0, 0.1) is 0 Å². The Hall–Kier alpha value is -2.01. The third-order valence-electron chi connectivity index (χ3n) is 4.09. The van der Waals surface area contributed by atoms with Gasteiger partial charge >= 0.3 is 5.97 Å². The molecule has 2 aromatic rings. The van der Waals surface area contributed by atoms with Crippen molar-refractivity contribution in [3.63, 3.8) is 0 Å². The predicted molar refractivity (Wildman–Crippen MR) is 79.6 cm³/mol. The average molecular weight is 307 g/mol. The van der Waals surface area contributed by atoms with Crippen molar-refractivity contribution in [2.24, 2.45) is 0 Å². The number of carboxylic acids is 1. The number of hydrogen-bond acceptors (Lipinski definition) is 2. The van der Waals surface area contributed by atoms with Gasteiger partial charge in [-0.1, -0.05) is 42.6 Å². The molecule has 1 aliphatic rings. The third kappa shape index (κ3) is 2.27. The van der Waals surface area contributed by atoms with Crippen LogP contribution in [0.5, 0.6) is 0 Å². The van der Waals surface area contributed by atoms with E-state index in [-0.39, 0.29) is 5.69 Å². The third-order valence-corrected chi connectivity index (χ3v) is 4.48. The Labute approximate surface area is 126 Å². The lowest BCUT2D eigenvalue weighted by Crippen LogP contribution is -2.52. The maximum Gasteiger partial charge on any atom is 0.329 e. The Kier molecular flexibility index (Phi) is 3.37.